The Balaban J connectivity index is 2.07. The van der Waals surface area contributed by atoms with Crippen LogP contribution in [0.4, 0.5) is 11.8 Å². The fourth-order valence-electron chi connectivity index (χ4n) is 1.96. The van der Waals surface area contributed by atoms with Gasteiger partial charge in [0.25, 0.3) is 0 Å². The summed E-state index contributed by atoms with van der Waals surface area (Å²) < 4.78 is 0. The Bertz CT molecular complexity index is 418. The third kappa shape index (κ3) is 2.97. The monoisotopic (exact) mass is 255 g/mol. The number of anilines is 2. The van der Waals surface area contributed by atoms with Crippen LogP contribution in [-0.2, 0) is 4.79 Å². The van der Waals surface area contributed by atoms with Crippen LogP contribution in [0.25, 0.3) is 0 Å². The van der Waals surface area contributed by atoms with Crippen molar-refractivity contribution in [3.63, 3.8) is 0 Å². The molecule has 6 nitrogen and oxygen atoms in total. The lowest BCUT2D eigenvalue weighted by atomic mass is 10.3. The molecule has 1 fully saturated rings. The number of amides is 1. The molecular weight excluding hydrogens is 242 g/mol. The SMILES string of the molecule is CC(=O)NC1CCN(c2cc(Cl)nc(N)n2)C1. The number of carbonyl (C=O) groups is 1. The van der Waals surface area contributed by atoms with Gasteiger partial charge in [0.2, 0.25) is 11.9 Å². The fraction of sp³-hybridized carbons (Fsp3) is 0.500. The van der Waals surface area contributed by atoms with Crippen molar-refractivity contribution in [1.82, 2.24) is 15.3 Å². The van der Waals surface area contributed by atoms with E-state index in [1.54, 1.807) is 6.07 Å². The van der Waals surface area contributed by atoms with Gasteiger partial charge in [0.15, 0.2) is 0 Å². The normalized spacial score (nSPS) is 19.4. The summed E-state index contributed by atoms with van der Waals surface area (Å²) in [6.45, 7) is 3.05. The van der Waals surface area contributed by atoms with Gasteiger partial charge in [-0.2, -0.15) is 4.98 Å². The van der Waals surface area contributed by atoms with Gasteiger partial charge in [0.1, 0.15) is 11.0 Å². The zero-order chi connectivity index (χ0) is 12.4. The van der Waals surface area contributed by atoms with E-state index in [1.807, 2.05) is 4.90 Å². The number of nitrogens with one attached hydrogen (secondary N) is 1. The molecule has 2 heterocycles. The minimum atomic E-state index is -0.0166. The van der Waals surface area contributed by atoms with Crippen molar-refractivity contribution in [2.24, 2.45) is 0 Å². The largest absolute Gasteiger partial charge is 0.368 e. The summed E-state index contributed by atoms with van der Waals surface area (Å²) in [6.07, 6.45) is 0.890. The highest BCUT2D eigenvalue weighted by molar-refractivity contribution is 6.29. The van der Waals surface area contributed by atoms with E-state index in [-0.39, 0.29) is 17.9 Å². The van der Waals surface area contributed by atoms with Crippen LogP contribution in [0.1, 0.15) is 13.3 Å². The Labute approximate surface area is 104 Å². The summed E-state index contributed by atoms with van der Waals surface area (Å²) in [5, 5.41) is 3.21. The standard InChI is InChI=1S/C10H14ClN5O/c1-6(17)13-7-2-3-16(5-7)9-4-8(11)14-10(12)15-9/h4,7H,2-3,5H2,1H3,(H,13,17)(H2,12,14,15). The van der Waals surface area contributed by atoms with Gasteiger partial charge >= 0.3 is 0 Å². The van der Waals surface area contributed by atoms with Gasteiger partial charge in [-0.15, -0.1) is 0 Å². The molecule has 7 heteroatoms. The maximum atomic E-state index is 11.0. The van der Waals surface area contributed by atoms with Crippen LogP contribution in [0, 0.1) is 0 Å². The average Bonchev–Trinajstić information content (AvgIpc) is 2.63. The van der Waals surface area contributed by atoms with Gasteiger partial charge in [0, 0.05) is 32.1 Å². The fourth-order valence-corrected chi connectivity index (χ4v) is 2.14. The molecule has 1 aliphatic rings. The number of nitrogens with zero attached hydrogens (tertiary/aromatic N) is 3. The first kappa shape index (κ1) is 11.9. The lowest BCUT2D eigenvalue weighted by Gasteiger charge is -2.17. The third-order valence-corrected chi connectivity index (χ3v) is 2.81. The van der Waals surface area contributed by atoms with Crippen molar-refractivity contribution >= 4 is 29.3 Å². The van der Waals surface area contributed by atoms with Crippen LogP contribution in [-0.4, -0.2) is 35.0 Å². The number of carbonyl (C=O) groups excluding carboxylic acids is 1. The first-order chi connectivity index (χ1) is 8.04. The molecule has 0 saturated carbocycles. The molecule has 1 atom stereocenters. The van der Waals surface area contributed by atoms with Gasteiger partial charge in [0.05, 0.1) is 0 Å². The zero-order valence-corrected chi connectivity index (χ0v) is 10.2. The highest BCUT2D eigenvalue weighted by Crippen LogP contribution is 2.21. The summed E-state index contributed by atoms with van der Waals surface area (Å²) >= 11 is 5.82. The second kappa shape index (κ2) is 4.75. The van der Waals surface area contributed by atoms with E-state index in [2.05, 4.69) is 15.3 Å². The molecule has 92 valence electrons. The number of aromatic nitrogens is 2. The summed E-state index contributed by atoms with van der Waals surface area (Å²) in [5.74, 6) is 0.850. The van der Waals surface area contributed by atoms with E-state index in [0.29, 0.717) is 17.5 Å². The Morgan fingerprint density at radius 2 is 2.41 bits per heavy atom. The topological polar surface area (TPSA) is 84.1 Å². The molecule has 0 bridgehead atoms. The Morgan fingerprint density at radius 3 is 3.06 bits per heavy atom. The van der Waals surface area contributed by atoms with Crippen LogP contribution in [0.5, 0.6) is 0 Å². The molecule has 1 amide bonds. The molecular formula is C10H14ClN5O. The molecule has 0 spiro atoms. The van der Waals surface area contributed by atoms with E-state index in [4.69, 9.17) is 17.3 Å². The van der Waals surface area contributed by atoms with E-state index < -0.39 is 0 Å². The van der Waals surface area contributed by atoms with Crippen molar-refractivity contribution in [1.29, 1.82) is 0 Å². The van der Waals surface area contributed by atoms with Crippen molar-refractivity contribution in [3.05, 3.63) is 11.2 Å². The Kier molecular flexibility index (Phi) is 3.33. The highest BCUT2D eigenvalue weighted by Gasteiger charge is 2.24. The van der Waals surface area contributed by atoms with Gasteiger partial charge in [-0.3, -0.25) is 4.79 Å². The summed E-state index contributed by atoms with van der Waals surface area (Å²) in [7, 11) is 0. The number of hydrogen-bond acceptors (Lipinski definition) is 5. The molecule has 0 radical (unpaired) electrons. The van der Waals surface area contributed by atoms with Crippen LogP contribution in [0.3, 0.4) is 0 Å². The average molecular weight is 256 g/mol. The van der Waals surface area contributed by atoms with Crippen LogP contribution >= 0.6 is 11.6 Å². The van der Waals surface area contributed by atoms with Crippen LogP contribution in [0.15, 0.2) is 6.07 Å². The number of nitrogens with two attached hydrogens (primary N) is 1. The molecule has 1 unspecified atom stereocenters. The second-order valence-electron chi connectivity index (χ2n) is 4.04. The van der Waals surface area contributed by atoms with Crippen molar-refractivity contribution < 1.29 is 4.79 Å². The Hall–Kier alpha value is -1.56. The number of rotatable bonds is 2. The third-order valence-electron chi connectivity index (χ3n) is 2.62. The molecule has 0 aromatic carbocycles. The van der Waals surface area contributed by atoms with Crippen LogP contribution in [0.2, 0.25) is 5.15 Å². The van der Waals surface area contributed by atoms with Crippen molar-refractivity contribution in [2.75, 3.05) is 23.7 Å². The number of halogens is 1. The molecule has 17 heavy (non-hydrogen) atoms. The summed E-state index contributed by atoms with van der Waals surface area (Å²) in [4.78, 5) is 20.9. The molecule has 1 aromatic rings. The van der Waals surface area contributed by atoms with Crippen molar-refractivity contribution in [2.45, 2.75) is 19.4 Å². The van der Waals surface area contributed by atoms with Gasteiger partial charge < -0.3 is 16.0 Å². The molecule has 0 aliphatic carbocycles. The number of hydrogen-bond donors (Lipinski definition) is 2. The minimum absolute atomic E-state index is 0.0166. The van der Waals surface area contributed by atoms with E-state index >= 15 is 0 Å². The van der Waals surface area contributed by atoms with Crippen LogP contribution < -0.4 is 16.0 Å². The van der Waals surface area contributed by atoms with E-state index in [1.165, 1.54) is 6.92 Å². The van der Waals surface area contributed by atoms with Gasteiger partial charge in [-0.05, 0) is 6.42 Å². The quantitative estimate of drug-likeness (QED) is 0.749. The predicted molar refractivity (Wildman–Crippen MR) is 65.9 cm³/mol. The summed E-state index contributed by atoms with van der Waals surface area (Å²) in [6, 6.07) is 1.83. The van der Waals surface area contributed by atoms with E-state index in [0.717, 1.165) is 13.0 Å². The maximum absolute atomic E-state index is 11.0. The smallest absolute Gasteiger partial charge is 0.223 e. The van der Waals surface area contributed by atoms with Crippen molar-refractivity contribution in [3.8, 4) is 0 Å². The second-order valence-corrected chi connectivity index (χ2v) is 4.43. The molecule has 3 N–H and O–H groups in total. The molecule has 1 aliphatic heterocycles. The molecule has 1 aromatic heterocycles. The maximum Gasteiger partial charge on any atom is 0.223 e. The lowest BCUT2D eigenvalue weighted by Crippen LogP contribution is -2.35. The first-order valence-corrected chi connectivity index (χ1v) is 5.74. The Morgan fingerprint density at radius 1 is 1.65 bits per heavy atom. The predicted octanol–water partition coefficient (Wildman–Crippen LogP) is 0.427. The minimum Gasteiger partial charge on any atom is -0.368 e. The van der Waals surface area contributed by atoms with Gasteiger partial charge in [-0.1, -0.05) is 11.6 Å². The van der Waals surface area contributed by atoms with E-state index in [9.17, 15) is 4.79 Å². The molecule has 1 saturated heterocycles. The highest BCUT2D eigenvalue weighted by atomic mass is 35.5. The number of nitrogen functional groups attached to an aromatic ring is 1. The van der Waals surface area contributed by atoms with Gasteiger partial charge in [-0.25, -0.2) is 4.98 Å². The first-order valence-electron chi connectivity index (χ1n) is 5.36. The summed E-state index contributed by atoms with van der Waals surface area (Å²) in [5.41, 5.74) is 5.54. The molecule has 2 rings (SSSR count). The lowest BCUT2D eigenvalue weighted by molar-refractivity contribution is -0.119. The zero-order valence-electron chi connectivity index (χ0n) is 9.48.